The summed E-state index contributed by atoms with van der Waals surface area (Å²) >= 11 is 0. The lowest BCUT2D eigenvalue weighted by molar-refractivity contribution is 0.159. The molecular weight excluding hydrogens is 126 g/mol. The van der Waals surface area contributed by atoms with E-state index in [4.69, 9.17) is 4.74 Å². The predicted octanol–water partition coefficient (Wildman–Crippen LogP) is 1.02. The SMILES string of the molecule is CCC1CC(COC)CN1. The topological polar surface area (TPSA) is 21.3 Å². The van der Waals surface area contributed by atoms with Crippen LogP contribution in [0.15, 0.2) is 0 Å². The lowest BCUT2D eigenvalue weighted by Gasteiger charge is -2.06. The Morgan fingerprint density at radius 2 is 2.40 bits per heavy atom. The second kappa shape index (κ2) is 3.94. The minimum absolute atomic E-state index is 0.750. The van der Waals surface area contributed by atoms with E-state index in [-0.39, 0.29) is 0 Å². The normalized spacial score (nSPS) is 33.0. The van der Waals surface area contributed by atoms with Gasteiger partial charge in [0, 0.05) is 19.7 Å². The van der Waals surface area contributed by atoms with Gasteiger partial charge in [0.05, 0.1) is 6.61 Å². The van der Waals surface area contributed by atoms with Crippen molar-refractivity contribution in [2.75, 3.05) is 20.3 Å². The minimum atomic E-state index is 0.750. The Morgan fingerprint density at radius 1 is 1.60 bits per heavy atom. The molecular formula is C8H17NO. The van der Waals surface area contributed by atoms with Crippen LogP contribution in [-0.2, 0) is 4.74 Å². The zero-order valence-corrected chi connectivity index (χ0v) is 6.89. The maximum Gasteiger partial charge on any atom is 0.0503 e. The van der Waals surface area contributed by atoms with Crippen LogP contribution in [0.1, 0.15) is 19.8 Å². The van der Waals surface area contributed by atoms with Crippen molar-refractivity contribution in [1.29, 1.82) is 0 Å². The number of hydrogen-bond acceptors (Lipinski definition) is 2. The Hall–Kier alpha value is -0.0800. The monoisotopic (exact) mass is 143 g/mol. The van der Waals surface area contributed by atoms with Crippen LogP contribution in [0.3, 0.4) is 0 Å². The van der Waals surface area contributed by atoms with Crippen LogP contribution in [0, 0.1) is 5.92 Å². The first-order chi connectivity index (χ1) is 4.86. The van der Waals surface area contributed by atoms with Gasteiger partial charge >= 0.3 is 0 Å². The third-order valence-corrected chi connectivity index (χ3v) is 2.21. The average Bonchev–Trinajstić information content (AvgIpc) is 2.37. The highest BCUT2D eigenvalue weighted by molar-refractivity contribution is 4.79. The van der Waals surface area contributed by atoms with Gasteiger partial charge in [-0.3, -0.25) is 0 Å². The van der Waals surface area contributed by atoms with Gasteiger partial charge in [-0.1, -0.05) is 6.92 Å². The van der Waals surface area contributed by atoms with E-state index in [1.807, 2.05) is 0 Å². The number of rotatable bonds is 3. The average molecular weight is 143 g/mol. The molecule has 1 rings (SSSR count). The van der Waals surface area contributed by atoms with Crippen molar-refractivity contribution in [1.82, 2.24) is 5.32 Å². The van der Waals surface area contributed by atoms with Crippen LogP contribution < -0.4 is 5.32 Å². The fourth-order valence-electron chi connectivity index (χ4n) is 1.58. The van der Waals surface area contributed by atoms with Crippen molar-refractivity contribution in [2.45, 2.75) is 25.8 Å². The minimum Gasteiger partial charge on any atom is -0.384 e. The highest BCUT2D eigenvalue weighted by atomic mass is 16.5. The highest BCUT2D eigenvalue weighted by Crippen LogP contribution is 2.15. The van der Waals surface area contributed by atoms with Crippen LogP contribution in [-0.4, -0.2) is 26.3 Å². The summed E-state index contributed by atoms with van der Waals surface area (Å²) in [4.78, 5) is 0. The molecule has 1 aliphatic heterocycles. The molecule has 2 nitrogen and oxygen atoms in total. The molecule has 0 bridgehead atoms. The molecule has 0 aromatic carbocycles. The summed E-state index contributed by atoms with van der Waals surface area (Å²) in [6.07, 6.45) is 2.55. The van der Waals surface area contributed by atoms with Gasteiger partial charge < -0.3 is 10.1 Å². The van der Waals surface area contributed by atoms with Gasteiger partial charge in [-0.05, 0) is 18.8 Å². The van der Waals surface area contributed by atoms with Gasteiger partial charge in [-0.25, -0.2) is 0 Å². The first-order valence-electron chi connectivity index (χ1n) is 4.09. The first kappa shape index (κ1) is 8.02. The van der Waals surface area contributed by atoms with Gasteiger partial charge in [0.15, 0.2) is 0 Å². The number of ether oxygens (including phenoxy) is 1. The van der Waals surface area contributed by atoms with E-state index in [9.17, 15) is 0 Å². The second-order valence-electron chi connectivity index (χ2n) is 3.07. The van der Waals surface area contributed by atoms with Crippen LogP contribution >= 0.6 is 0 Å². The van der Waals surface area contributed by atoms with Gasteiger partial charge in [0.25, 0.3) is 0 Å². The molecule has 1 N–H and O–H groups in total. The maximum atomic E-state index is 5.08. The Bertz CT molecular complexity index is 95.3. The zero-order chi connectivity index (χ0) is 7.40. The van der Waals surface area contributed by atoms with Crippen LogP contribution in [0.25, 0.3) is 0 Å². The molecule has 1 saturated heterocycles. The summed E-state index contributed by atoms with van der Waals surface area (Å²) in [5.41, 5.74) is 0. The van der Waals surface area contributed by atoms with Crippen LogP contribution in [0.4, 0.5) is 0 Å². The molecule has 0 radical (unpaired) electrons. The summed E-state index contributed by atoms with van der Waals surface area (Å²) < 4.78 is 5.08. The summed E-state index contributed by atoms with van der Waals surface area (Å²) in [6, 6.07) is 0.750. The van der Waals surface area contributed by atoms with Crippen molar-refractivity contribution in [2.24, 2.45) is 5.92 Å². The van der Waals surface area contributed by atoms with E-state index in [2.05, 4.69) is 12.2 Å². The lowest BCUT2D eigenvalue weighted by atomic mass is 10.1. The van der Waals surface area contributed by atoms with Crippen LogP contribution in [0.5, 0.6) is 0 Å². The summed E-state index contributed by atoms with van der Waals surface area (Å²) in [7, 11) is 1.78. The van der Waals surface area contributed by atoms with Crippen molar-refractivity contribution < 1.29 is 4.74 Å². The molecule has 60 valence electrons. The van der Waals surface area contributed by atoms with Crippen molar-refractivity contribution in [3.8, 4) is 0 Å². The summed E-state index contributed by atoms with van der Waals surface area (Å²) in [6.45, 7) is 4.29. The molecule has 0 amide bonds. The molecule has 1 fully saturated rings. The number of nitrogens with one attached hydrogen (secondary N) is 1. The van der Waals surface area contributed by atoms with Crippen LogP contribution in [0.2, 0.25) is 0 Å². The highest BCUT2D eigenvalue weighted by Gasteiger charge is 2.21. The maximum absolute atomic E-state index is 5.08. The standard InChI is InChI=1S/C8H17NO/c1-3-8-4-7(5-9-8)6-10-2/h7-9H,3-6H2,1-2H3. The van der Waals surface area contributed by atoms with Gasteiger partial charge in [-0.2, -0.15) is 0 Å². The molecule has 2 unspecified atom stereocenters. The molecule has 0 saturated carbocycles. The van der Waals surface area contributed by atoms with E-state index >= 15 is 0 Å². The fourth-order valence-corrected chi connectivity index (χ4v) is 1.58. The van der Waals surface area contributed by atoms with E-state index in [0.717, 1.165) is 25.1 Å². The third kappa shape index (κ3) is 1.96. The first-order valence-corrected chi connectivity index (χ1v) is 4.09. The van der Waals surface area contributed by atoms with Gasteiger partial charge in [-0.15, -0.1) is 0 Å². The van der Waals surface area contributed by atoms with Gasteiger partial charge in [0.2, 0.25) is 0 Å². The molecule has 2 heteroatoms. The molecule has 0 aromatic heterocycles. The lowest BCUT2D eigenvalue weighted by Crippen LogP contribution is -2.19. The Morgan fingerprint density at radius 3 is 2.90 bits per heavy atom. The molecule has 1 heterocycles. The van der Waals surface area contributed by atoms with Gasteiger partial charge in [0.1, 0.15) is 0 Å². The molecule has 10 heavy (non-hydrogen) atoms. The third-order valence-electron chi connectivity index (χ3n) is 2.21. The Kier molecular flexibility index (Phi) is 3.16. The van der Waals surface area contributed by atoms with E-state index in [0.29, 0.717) is 0 Å². The van der Waals surface area contributed by atoms with E-state index in [1.54, 1.807) is 7.11 Å². The molecule has 2 atom stereocenters. The molecule has 0 aromatic rings. The fraction of sp³-hybridized carbons (Fsp3) is 1.00. The quantitative estimate of drug-likeness (QED) is 0.637. The zero-order valence-electron chi connectivity index (χ0n) is 6.89. The Labute approximate surface area is 63.0 Å². The van der Waals surface area contributed by atoms with Crippen molar-refractivity contribution in [3.05, 3.63) is 0 Å². The number of hydrogen-bond donors (Lipinski definition) is 1. The van der Waals surface area contributed by atoms with E-state index < -0.39 is 0 Å². The smallest absolute Gasteiger partial charge is 0.0503 e. The largest absolute Gasteiger partial charge is 0.384 e. The van der Waals surface area contributed by atoms with Crippen molar-refractivity contribution in [3.63, 3.8) is 0 Å². The molecule has 1 aliphatic rings. The number of methoxy groups -OCH3 is 1. The summed E-state index contributed by atoms with van der Waals surface area (Å²) in [5.74, 6) is 0.759. The van der Waals surface area contributed by atoms with E-state index in [1.165, 1.54) is 12.8 Å². The van der Waals surface area contributed by atoms with Crippen molar-refractivity contribution >= 4 is 0 Å². The predicted molar refractivity (Wildman–Crippen MR) is 42.1 cm³/mol. The Balaban J connectivity index is 2.15. The molecule has 0 aliphatic carbocycles. The second-order valence-corrected chi connectivity index (χ2v) is 3.07. The molecule has 0 spiro atoms. The summed E-state index contributed by atoms with van der Waals surface area (Å²) in [5, 5.41) is 3.46.